The van der Waals surface area contributed by atoms with Gasteiger partial charge in [0.15, 0.2) is 0 Å². The van der Waals surface area contributed by atoms with E-state index in [4.69, 9.17) is 0 Å². The maximum Gasteiger partial charge on any atom is 0.269 e. The van der Waals surface area contributed by atoms with Crippen LogP contribution in [0.5, 0.6) is 0 Å². The van der Waals surface area contributed by atoms with Gasteiger partial charge in [-0.05, 0) is 42.0 Å². The summed E-state index contributed by atoms with van der Waals surface area (Å²) in [5.74, 6) is -0.194. The van der Waals surface area contributed by atoms with Gasteiger partial charge in [0.25, 0.3) is 5.69 Å². The number of benzene rings is 2. The van der Waals surface area contributed by atoms with Gasteiger partial charge in [-0.15, -0.1) is 0 Å². The van der Waals surface area contributed by atoms with Gasteiger partial charge in [0.05, 0.1) is 22.5 Å². The Bertz CT molecular complexity index is 964. The van der Waals surface area contributed by atoms with Crippen LogP contribution in [0.3, 0.4) is 0 Å². The molecule has 0 atom stereocenters. The quantitative estimate of drug-likeness (QED) is 0.423. The van der Waals surface area contributed by atoms with Crippen LogP contribution in [-0.4, -0.2) is 20.8 Å². The Morgan fingerprint density at radius 1 is 1.28 bits per heavy atom. The van der Waals surface area contributed by atoms with E-state index in [9.17, 15) is 19.3 Å². The number of hydrogen-bond acceptors (Lipinski definition) is 4. The van der Waals surface area contributed by atoms with Gasteiger partial charge in [-0.3, -0.25) is 14.9 Å². The van der Waals surface area contributed by atoms with Crippen LogP contribution in [0.2, 0.25) is 0 Å². The molecular weight excluding hydrogens is 327 g/mol. The molecule has 1 heterocycles. The van der Waals surface area contributed by atoms with Crippen molar-refractivity contribution >= 4 is 28.7 Å². The molecule has 0 aliphatic carbocycles. The summed E-state index contributed by atoms with van der Waals surface area (Å²) in [4.78, 5) is 29.1. The number of H-pyrrole nitrogens is 1. The van der Waals surface area contributed by atoms with Gasteiger partial charge in [-0.2, -0.15) is 0 Å². The molecule has 25 heavy (non-hydrogen) atoms. The summed E-state index contributed by atoms with van der Waals surface area (Å²) in [6.45, 7) is 0.166. The molecule has 1 amide bonds. The zero-order valence-electron chi connectivity index (χ0n) is 12.9. The molecule has 0 saturated heterocycles. The topological polar surface area (TPSA) is 101 Å². The van der Waals surface area contributed by atoms with Crippen molar-refractivity contribution < 1.29 is 14.1 Å². The Morgan fingerprint density at radius 2 is 2.04 bits per heavy atom. The molecule has 7 nitrogen and oxygen atoms in total. The standard InChI is InChI=1S/C17H13FN4O3/c18-12-4-7-14-15(9-12)21-16(20-14)10-19-17(23)8-3-11-1-5-13(6-2-11)22(24)25/h1-9H,10H2,(H,19,23)(H,20,21)/b8-3-. The summed E-state index contributed by atoms with van der Waals surface area (Å²) in [7, 11) is 0. The minimum atomic E-state index is -0.487. The molecule has 0 spiro atoms. The lowest BCUT2D eigenvalue weighted by atomic mass is 10.2. The smallest absolute Gasteiger partial charge is 0.269 e. The average molecular weight is 340 g/mol. The first kappa shape index (κ1) is 16.3. The summed E-state index contributed by atoms with van der Waals surface area (Å²) in [6.07, 6.45) is 2.87. The molecule has 8 heteroatoms. The minimum absolute atomic E-state index is 0.0112. The van der Waals surface area contributed by atoms with E-state index < -0.39 is 4.92 Å². The van der Waals surface area contributed by atoms with Crippen LogP contribution >= 0.6 is 0 Å². The first-order valence-corrected chi connectivity index (χ1v) is 7.36. The van der Waals surface area contributed by atoms with Crippen LogP contribution in [-0.2, 0) is 11.3 Å². The summed E-state index contributed by atoms with van der Waals surface area (Å²) >= 11 is 0. The average Bonchev–Trinajstić information content (AvgIpc) is 3.00. The third-order valence-electron chi connectivity index (χ3n) is 3.45. The number of amides is 1. The molecule has 0 saturated carbocycles. The fourth-order valence-electron chi connectivity index (χ4n) is 2.23. The second-order valence-corrected chi connectivity index (χ2v) is 5.24. The van der Waals surface area contributed by atoms with Crippen molar-refractivity contribution in [1.82, 2.24) is 15.3 Å². The van der Waals surface area contributed by atoms with Crippen LogP contribution in [0.25, 0.3) is 17.1 Å². The van der Waals surface area contributed by atoms with E-state index in [1.165, 1.54) is 30.3 Å². The zero-order chi connectivity index (χ0) is 17.8. The number of aromatic amines is 1. The number of fused-ring (bicyclic) bond motifs is 1. The first-order chi connectivity index (χ1) is 12.0. The van der Waals surface area contributed by atoms with Gasteiger partial charge < -0.3 is 10.3 Å². The van der Waals surface area contributed by atoms with Gasteiger partial charge >= 0.3 is 0 Å². The number of nitrogens with one attached hydrogen (secondary N) is 2. The Hall–Kier alpha value is -3.55. The van der Waals surface area contributed by atoms with Crippen molar-refractivity contribution in [1.29, 1.82) is 0 Å². The van der Waals surface area contributed by atoms with Gasteiger partial charge in [0, 0.05) is 18.2 Å². The minimum Gasteiger partial charge on any atom is -0.345 e. The van der Waals surface area contributed by atoms with Crippen molar-refractivity contribution in [2.24, 2.45) is 0 Å². The highest BCUT2D eigenvalue weighted by atomic mass is 19.1. The number of carbonyl (C=O) groups is 1. The number of carbonyl (C=O) groups excluding carboxylic acids is 1. The summed E-state index contributed by atoms with van der Waals surface area (Å²) in [6, 6.07) is 10.0. The number of rotatable bonds is 5. The first-order valence-electron chi connectivity index (χ1n) is 7.36. The van der Waals surface area contributed by atoms with Crippen LogP contribution < -0.4 is 5.32 Å². The predicted octanol–water partition coefficient (Wildman–Crippen LogP) is 2.94. The number of nitro benzene ring substituents is 1. The highest BCUT2D eigenvalue weighted by Crippen LogP contribution is 2.14. The van der Waals surface area contributed by atoms with Gasteiger partial charge in [-0.1, -0.05) is 0 Å². The van der Waals surface area contributed by atoms with E-state index in [1.54, 1.807) is 24.3 Å². The molecule has 0 bridgehead atoms. The highest BCUT2D eigenvalue weighted by Gasteiger charge is 2.05. The number of imidazole rings is 1. The number of halogens is 1. The summed E-state index contributed by atoms with van der Waals surface area (Å²) in [5.41, 5.74) is 1.83. The molecule has 0 fully saturated rings. The lowest BCUT2D eigenvalue weighted by Crippen LogP contribution is -2.20. The van der Waals surface area contributed by atoms with Crippen molar-refractivity contribution in [3.8, 4) is 0 Å². The van der Waals surface area contributed by atoms with Crippen molar-refractivity contribution in [2.75, 3.05) is 0 Å². The predicted molar refractivity (Wildman–Crippen MR) is 90.0 cm³/mol. The van der Waals surface area contributed by atoms with Crippen LogP contribution in [0.1, 0.15) is 11.4 Å². The molecule has 3 rings (SSSR count). The maximum absolute atomic E-state index is 13.1. The lowest BCUT2D eigenvalue weighted by molar-refractivity contribution is -0.384. The number of non-ortho nitro benzene ring substituents is 1. The molecule has 0 aliphatic rings. The SMILES string of the molecule is O=C(/C=C\c1ccc([N+](=O)[O-])cc1)NCc1nc2ccc(F)cc2[nH]1. The van der Waals surface area contributed by atoms with E-state index in [-0.39, 0.29) is 24.0 Å². The number of nitrogens with zero attached hydrogens (tertiary/aromatic N) is 2. The monoisotopic (exact) mass is 340 g/mol. The maximum atomic E-state index is 13.1. The molecular formula is C17H13FN4O3. The second-order valence-electron chi connectivity index (χ2n) is 5.24. The number of aromatic nitrogens is 2. The second kappa shape index (κ2) is 6.91. The van der Waals surface area contributed by atoms with Gasteiger partial charge in [0.1, 0.15) is 11.6 Å². The number of hydrogen-bond donors (Lipinski definition) is 2. The van der Waals surface area contributed by atoms with Crippen LogP contribution in [0, 0.1) is 15.9 Å². The molecule has 2 N–H and O–H groups in total. The Labute approximate surface area is 141 Å². The largest absolute Gasteiger partial charge is 0.345 e. The van der Waals surface area contributed by atoms with Gasteiger partial charge in [-0.25, -0.2) is 9.37 Å². The van der Waals surface area contributed by atoms with Crippen molar-refractivity contribution in [2.45, 2.75) is 6.54 Å². The van der Waals surface area contributed by atoms with E-state index in [0.717, 1.165) is 0 Å². The highest BCUT2D eigenvalue weighted by molar-refractivity contribution is 5.91. The Balaban J connectivity index is 1.58. The number of nitro groups is 1. The summed E-state index contributed by atoms with van der Waals surface area (Å²) < 4.78 is 13.1. The molecule has 2 aromatic carbocycles. The zero-order valence-corrected chi connectivity index (χ0v) is 12.9. The molecule has 126 valence electrons. The van der Waals surface area contributed by atoms with E-state index >= 15 is 0 Å². The summed E-state index contributed by atoms with van der Waals surface area (Å²) in [5, 5.41) is 13.2. The molecule has 3 aromatic rings. The molecule has 1 aromatic heterocycles. The van der Waals surface area contributed by atoms with E-state index in [2.05, 4.69) is 15.3 Å². The Morgan fingerprint density at radius 3 is 2.76 bits per heavy atom. The third-order valence-corrected chi connectivity index (χ3v) is 3.45. The van der Waals surface area contributed by atoms with Crippen LogP contribution in [0.4, 0.5) is 10.1 Å². The fraction of sp³-hybridized carbons (Fsp3) is 0.0588. The Kier molecular flexibility index (Phi) is 4.51. The molecule has 0 aliphatic heterocycles. The fourth-order valence-corrected chi connectivity index (χ4v) is 2.23. The normalized spacial score (nSPS) is 11.1. The van der Waals surface area contributed by atoms with Gasteiger partial charge in [0.2, 0.25) is 5.91 Å². The molecule has 0 radical (unpaired) electrons. The third kappa shape index (κ3) is 4.05. The van der Waals surface area contributed by atoms with Crippen molar-refractivity contribution in [3.63, 3.8) is 0 Å². The van der Waals surface area contributed by atoms with E-state index in [1.807, 2.05) is 0 Å². The van der Waals surface area contributed by atoms with Crippen molar-refractivity contribution in [3.05, 3.63) is 75.9 Å². The van der Waals surface area contributed by atoms with E-state index in [0.29, 0.717) is 22.4 Å². The lowest BCUT2D eigenvalue weighted by Gasteiger charge is -1.98. The molecule has 0 unspecified atom stereocenters. The van der Waals surface area contributed by atoms with Crippen LogP contribution in [0.15, 0.2) is 48.5 Å².